The lowest BCUT2D eigenvalue weighted by Crippen LogP contribution is -2.68. The Hall–Kier alpha value is -0.490. The highest BCUT2D eigenvalue weighted by atomic mass is 16.3. The highest BCUT2D eigenvalue weighted by Gasteiger charge is 2.70. The van der Waals surface area contributed by atoms with Crippen LogP contribution in [0.15, 0.2) is 0 Å². The van der Waals surface area contributed by atoms with Gasteiger partial charge in [-0.25, -0.2) is 0 Å². The number of aliphatic hydroxyl groups excluding tert-OH is 3. The molecule has 0 aromatic rings. The highest BCUT2D eigenvalue weighted by Crippen LogP contribution is 2.69. The fourth-order valence-corrected chi connectivity index (χ4v) is 9.07. The summed E-state index contributed by atoms with van der Waals surface area (Å²) < 4.78 is 0. The van der Waals surface area contributed by atoms with Gasteiger partial charge in [0.25, 0.3) is 0 Å². The van der Waals surface area contributed by atoms with Crippen LogP contribution in [0.2, 0.25) is 0 Å². The topological polar surface area (TPSA) is 98.0 Å². The zero-order valence-corrected chi connectivity index (χ0v) is 20.8. The van der Waals surface area contributed by atoms with Gasteiger partial charge in [0, 0.05) is 12.8 Å². The molecule has 0 aromatic heterocycles. The van der Waals surface area contributed by atoms with E-state index in [0.29, 0.717) is 25.2 Å². The molecule has 0 aromatic carbocycles. The lowest BCUT2D eigenvalue weighted by molar-refractivity contribution is -0.250. The van der Waals surface area contributed by atoms with Gasteiger partial charge in [0.15, 0.2) is 0 Å². The lowest BCUT2D eigenvalue weighted by Gasteiger charge is -2.65. The van der Waals surface area contributed by atoms with E-state index < -0.39 is 17.6 Å². The number of carbonyl (C=O) groups excluding carboxylic acids is 1. The SMILES string of the molecule is CC(C)[C@@H](O)CC[C@@H](C)[C@H]1CC(=O)[C@@H]2[C@]1(C)CC[C@@H]1[C@@]3(C)CC[C@H](O)C[C@@H]3[C@@H](O)C[C@]12O. The molecule has 4 N–H and O–H groups in total. The van der Waals surface area contributed by atoms with Crippen LogP contribution in [0.1, 0.15) is 92.4 Å². The first-order valence-electron chi connectivity index (χ1n) is 13.1. The summed E-state index contributed by atoms with van der Waals surface area (Å²) >= 11 is 0. The van der Waals surface area contributed by atoms with Crippen LogP contribution in [0.5, 0.6) is 0 Å². The molecule has 4 rings (SSSR count). The first-order valence-corrected chi connectivity index (χ1v) is 13.1. The third-order valence-corrected chi connectivity index (χ3v) is 10.9. The average molecular weight is 451 g/mol. The number of ketones is 1. The fourth-order valence-electron chi connectivity index (χ4n) is 9.07. The molecular formula is C27H46O5. The number of fused-ring (bicyclic) bond motifs is 5. The molecule has 5 nitrogen and oxygen atoms in total. The van der Waals surface area contributed by atoms with Crippen molar-refractivity contribution in [1.82, 2.24) is 0 Å². The molecule has 0 spiro atoms. The number of rotatable bonds is 5. The second-order valence-electron chi connectivity index (χ2n) is 13.0. The number of hydrogen-bond donors (Lipinski definition) is 4. The van der Waals surface area contributed by atoms with Crippen molar-refractivity contribution in [3.63, 3.8) is 0 Å². The predicted octanol–water partition coefficient (Wildman–Crippen LogP) is 3.70. The molecule has 32 heavy (non-hydrogen) atoms. The third-order valence-electron chi connectivity index (χ3n) is 10.9. The van der Waals surface area contributed by atoms with E-state index in [9.17, 15) is 25.2 Å². The van der Waals surface area contributed by atoms with Crippen LogP contribution in [0, 0.1) is 46.3 Å². The number of carbonyl (C=O) groups is 1. The van der Waals surface area contributed by atoms with Gasteiger partial charge in [-0.3, -0.25) is 4.79 Å². The van der Waals surface area contributed by atoms with Gasteiger partial charge >= 0.3 is 0 Å². The molecule has 184 valence electrons. The van der Waals surface area contributed by atoms with Crippen molar-refractivity contribution in [2.45, 2.75) is 116 Å². The van der Waals surface area contributed by atoms with Gasteiger partial charge in [0.2, 0.25) is 0 Å². The second kappa shape index (κ2) is 8.32. The molecule has 0 amide bonds. The lowest BCUT2D eigenvalue weighted by atomic mass is 9.42. The van der Waals surface area contributed by atoms with Crippen molar-refractivity contribution in [2.75, 3.05) is 0 Å². The molecule has 4 aliphatic carbocycles. The van der Waals surface area contributed by atoms with Crippen LogP contribution in [-0.4, -0.2) is 50.1 Å². The van der Waals surface area contributed by atoms with E-state index in [2.05, 4.69) is 20.8 Å². The maximum Gasteiger partial charge on any atom is 0.139 e. The largest absolute Gasteiger partial charge is 0.393 e. The molecule has 0 heterocycles. The molecule has 0 radical (unpaired) electrons. The first-order chi connectivity index (χ1) is 14.8. The fraction of sp³-hybridized carbons (Fsp3) is 0.963. The minimum atomic E-state index is -1.16. The van der Waals surface area contributed by atoms with Crippen LogP contribution >= 0.6 is 0 Å². The molecule has 0 saturated heterocycles. The average Bonchev–Trinajstić information content (AvgIpc) is 2.98. The normalized spacial score (nSPS) is 50.5. The van der Waals surface area contributed by atoms with E-state index >= 15 is 0 Å². The summed E-state index contributed by atoms with van der Waals surface area (Å²) in [5.41, 5.74) is -1.66. The molecule has 4 fully saturated rings. The monoisotopic (exact) mass is 450 g/mol. The highest BCUT2D eigenvalue weighted by molar-refractivity contribution is 5.86. The molecule has 4 saturated carbocycles. The molecule has 4 aliphatic rings. The van der Waals surface area contributed by atoms with Gasteiger partial charge in [-0.15, -0.1) is 0 Å². The van der Waals surface area contributed by atoms with E-state index in [1.165, 1.54) is 0 Å². The van der Waals surface area contributed by atoms with Crippen LogP contribution in [0.25, 0.3) is 0 Å². The van der Waals surface area contributed by atoms with Crippen LogP contribution in [-0.2, 0) is 4.79 Å². The Morgan fingerprint density at radius 2 is 1.69 bits per heavy atom. The predicted molar refractivity (Wildman–Crippen MR) is 124 cm³/mol. The van der Waals surface area contributed by atoms with E-state index in [1.807, 2.05) is 13.8 Å². The Balaban J connectivity index is 1.60. The summed E-state index contributed by atoms with van der Waals surface area (Å²) in [6.07, 6.45) is 4.94. The quantitative estimate of drug-likeness (QED) is 0.512. The van der Waals surface area contributed by atoms with Gasteiger partial charge in [-0.05, 0) is 85.4 Å². The van der Waals surface area contributed by atoms with Gasteiger partial charge in [-0.2, -0.15) is 0 Å². The molecule has 0 unspecified atom stereocenters. The summed E-state index contributed by atoms with van der Waals surface area (Å²) in [6, 6.07) is 0. The van der Waals surface area contributed by atoms with Crippen molar-refractivity contribution >= 4 is 5.78 Å². The van der Waals surface area contributed by atoms with Crippen LogP contribution in [0.4, 0.5) is 0 Å². The molecule has 0 aliphatic heterocycles. The summed E-state index contributed by atoms with van der Waals surface area (Å²) in [6.45, 7) is 10.7. The number of aliphatic hydroxyl groups is 4. The Labute approximate surface area is 194 Å². The maximum atomic E-state index is 13.5. The number of hydrogen-bond acceptors (Lipinski definition) is 5. The second-order valence-corrected chi connectivity index (χ2v) is 13.0. The van der Waals surface area contributed by atoms with Crippen molar-refractivity contribution in [1.29, 1.82) is 0 Å². The summed E-state index contributed by atoms with van der Waals surface area (Å²) in [5, 5.41) is 43.9. The Morgan fingerprint density at radius 3 is 2.34 bits per heavy atom. The van der Waals surface area contributed by atoms with Crippen molar-refractivity contribution in [3.05, 3.63) is 0 Å². The molecular weight excluding hydrogens is 404 g/mol. The molecule has 5 heteroatoms. The van der Waals surface area contributed by atoms with E-state index in [1.54, 1.807) is 0 Å². The standard InChI is InChI=1S/C27H46O5/c1-15(2)20(29)7-6-16(3)18-13-21(30)24-26(18,5)11-9-23-25(4)10-8-17(28)12-19(25)22(31)14-27(23,24)32/h15-20,22-24,28-29,31-32H,6-14H2,1-5H3/t16-,17+,18-,19-,20+,22+,23-,24-,25+,26-,27+/m1/s1. The summed E-state index contributed by atoms with van der Waals surface area (Å²) in [4.78, 5) is 13.5. The van der Waals surface area contributed by atoms with E-state index in [4.69, 9.17) is 0 Å². The maximum absolute atomic E-state index is 13.5. The van der Waals surface area contributed by atoms with Crippen molar-refractivity contribution in [3.8, 4) is 0 Å². The molecule has 11 atom stereocenters. The van der Waals surface area contributed by atoms with E-state index in [-0.39, 0.29) is 58.9 Å². The van der Waals surface area contributed by atoms with Crippen molar-refractivity contribution < 1.29 is 25.2 Å². The minimum Gasteiger partial charge on any atom is -0.393 e. The van der Waals surface area contributed by atoms with Gasteiger partial charge in [-0.1, -0.05) is 34.6 Å². The van der Waals surface area contributed by atoms with Gasteiger partial charge < -0.3 is 20.4 Å². The molecule has 0 bridgehead atoms. The Bertz CT molecular complexity index is 723. The van der Waals surface area contributed by atoms with Crippen LogP contribution in [0.3, 0.4) is 0 Å². The van der Waals surface area contributed by atoms with E-state index in [0.717, 1.165) is 32.1 Å². The minimum absolute atomic E-state index is 0.00487. The zero-order valence-electron chi connectivity index (χ0n) is 20.8. The Kier molecular flexibility index (Phi) is 6.40. The summed E-state index contributed by atoms with van der Waals surface area (Å²) in [5.74, 6) is 0.489. The summed E-state index contributed by atoms with van der Waals surface area (Å²) in [7, 11) is 0. The van der Waals surface area contributed by atoms with Gasteiger partial charge in [0.1, 0.15) is 5.78 Å². The third kappa shape index (κ3) is 3.61. The number of Topliss-reactive ketones (excluding diaryl/α,β-unsaturated/α-hetero) is 1. The Morgan fingerprint density at radius 1 is 1.03 bits per heavy atom. The smallest absolute Gasteiger partial charge is 0.139 e. The zero-order chi connectivity index (χ0) is 23.6. The van der Waals surface area contributed by atoms with Crippen molar-refractivity contribution in [2.24, 2.45) is 46.3 Å². The van der Waals surface area contributed by atoms with Crippen LogP contribution < -0.4 is 0 Å². The first kappa shape index (κ1) is 24.6. The van der Waals surface area contributed by atoms with Gasteiger partial charge in [0.05, 0.1) is 29.8 Å².